The van der Waals surface area contributed by atoms with Crippen LogP contribution in [-0.2, 0) is 16.1 Å². The molecule has 0 atom stereocenters. The highest BCUT2D eigenvalue weighted by atomic mass is 16.5. The maximum absolute atomic E-state index is 12.3. The van der Waals surface area contributed by atoms with E-state index in [9.17, 15) is 4.79 Å². The summed E-state index contributed by atoms with van der Waals surface area (Å²) in [5, 5.41) is 0. The van der Waals surface area contributed by atoms with Gasteiger partial charge in [0.05, 0.1) is 12.1 Å². The minimum Gasteiger partial charge on any atom is -0.363 e. The van der Waals surface area contributed by atoms with Crippen LogP contribution in [0.2, 0.25) is 0 Å². The van der Waals surface area contributed by atoms with Crippen molar-refractivity contribution in [1.82, 2.24) is 4.90 Å². The second-order valence-corrected chi connectivity index (χ2v) is 7.05. The van der Waals surface area contributed by atoms with Crippen molar-refractivity contribution in [1.29, 1.82) is 0 Å². The van der Waals surface area contributed by atoms with Crippen LogP contribution in [0.25, 0.3) is 0 Å². The van der Waals surface area contributed by atoms with Crippen molar-refractivity contribution in [3.05, 3.63) is 66.2 Å². The minimum atomic E-state index is -0.197. The van der Waals surface area contributed by atoms with E-state index in [1.54, 1.807) is 0 Å². The van der Waals surface area contributed by atoms with Gasteiger partial charge in [0.15, 0.2) is 0 Å². The molecule has 0 bridgehead atoms. The van der Waals surface area contributed by atoms with E-state index in [1.165, 1.54) is 5.56 Å². The molecule has 2 saturated heterocycles. The van der Waals surface area contributed by atoms with E-state index in [0.29, 0.717) is 6.54 Å². The van der Waals surface area contributed by atoms with E-state index in [1.807, 2.05) is 35.2 Å². The molecule has 0 aliphatic carbocycles. The number of nitrogens with zero attached hydrogens (tertiary/aromatic N) is 2. The summed E-state index contributed by atoms with van der Waals surface area (Å²) in [6.45, 7) is 3.85. The summed E-state index contributed by atoms with van der Waals surface area (Å²) < 4.78 is 6.05. The first-order valence-corrected chi connectivity index (χ1v) is 9.00. The standard InChI is InChI=1S/C21H24N2O2/c24-20-16-25-21(17-23(20)19-9-5-2-6-10-19)11-13-22(14-12-21)15-18-7-3-1-4-8-18/h1-10H,11-17H2. The molecule has 2 aliphatic heterocycles. The number of benzene rings is 2. The largest absolute Gasteiger partial charge is 0.363 e. The second kappa shape index (κ2) is 6.98. The third-order valence-electron chi connectivity index (χ3n) is 5.33. The monoisotopic (exact) mass is 336 g/mol. The van der Waals surface area contributed by atoms with Gasteiger partial charge in [0.1, 0.15) is 6.61 Å². The van der Waals surface area contributed by atoms with Crippen LogP contribution in [0.15, 0.2) is 60.7 Å². The Labute approximate surface area is 149 Å². The molecule has 25 heavy (non-hydrogen) atoms. The quantitative estimate of drug-likeness (QED) is 0.863. The van der Waals surface area contributed by atoms with E-state index >= 15 is 0 Å². The molecule has 2 aromatic carbocycles. The Bertz CT molecular complexity index is 709. The van der Waals surface area contributed by atoms with Crippen LogP contribution in [0.1, 0.15) is 18.4 Å². The Morgan fingerprint density at radius 3 is 2.24 bits per heavy atom. The maximum Gasteiger partial charge on any atom is 0.253 e. The molecule has 0 radical (unpaired) electrons. The van der Waals surface area contributed by atoms with Gasteiger partial charge in [-0.1, -0.05) is 48.5 Å². The van der Waals surface area contributed by atoms with Crippen molar-refractivity contribution in [2.24, 2.45) is 0 Å². The molecule has 2 aliphatic rings. The summed E-state index contributed by atoms with van der Waals surface area (Å²) >= 11 is 0. The molecule has 0 saturated carbocycles. The van der Waals surface area contributed by atoms with E-state index < -0.39 is 0 Å². The maximum atomic E-state index is 12.3. The fourth-order valence-electron chi connectivity index (χ4n) is 3.82. The van der Waals surface area contributed by atoms with Crippen molar-refractivity contribution in [3.8, 4) is 0 Å². The van der Waals surface area contributed by atoms with Gasteiger partial charge in [-0.05, 0) is 30.5 Å². The van der Waals surface area contributed by atoms with Crippen molar-refractivity contribution >= 4 is 11.6 Å². The van der Waals surface area contributed by atoms with Gasteiger partial charge in [0.2, 0.25) is 0 Å². The predicted octanol–water partition coefficient (Wildman–Crippen LogP) is 3.08. The molecule has 4 nitrogen and oxygen atoms in total. The third-order valence-corrected chi connectivity index (χ3v) is 5.33. The number of morpholine rings is 1. The third kappa shape index (κ3) is 3.60. The zero-order chi connectivity index (χ0) is 17.1. The normalized spacial score (nSPS) is 20.8. The van der Waals surface area contributed by atoms with Crippen molar-refractivity contribution in [2.75, 3.05) is 31.1 Å². The highest BCUT2D eigenvalue weighted by Crippen LogP contribution is 2.33. The molecule has 0 aromatic heterocycles. The molecule has 1 amide bonds. The number of rotatable bonds is 3. The highest BCUT2D eigenvalue weighted by Gasteiger charge is 2.42. The number of anilines is 1. The van der Waals surface area contributed by atoms with Crippen molar-refractivity contribution in [2.45, 2.75) is 25.0 Å². The molecule has 130 valence electrons. The van der Waals surface area contributed by atoms with Crippen LogP contribution in [0.3, 0.4) is 0 Å². The van der Waals surface area contributed by atoms with Crippen molar-refractivity contribution in [3.63, 3.8) is 0 Å². The summed E-state index contributed by atoms with van der Waals surface area (Å²) in [5.41, 5.74) is 2.13. The number of hydrogen-bond acceptors (Lipinski definition) is 3. The molecule has 4 heteroatoms. The van der Waals surface area contributed by atoms with Crippen LogP contribution in [0.5, 0.6) is 0 Å². The first-order valence-electron chi connectivity index (χ1n) is 9.00. The number of ether oxygens (including phenoxy) is 1. The molecule has 4 rings (SSSR count). The summed E-state index contributed by atoms with van der Waals surface area (Å²) in [4.78, 5) is 16.7. The molecular formula is C21H24N2O2. The number of likely N-dealkylation sites (tertiary alicyclic amines) is 1. The smallest absolute Gasteiger partial charge is 0.253 e. The number of carbonyl (C=O) groups is 1. The van der Waals surface area contributed by atoms with Gasteiger partial charge in [-0.25, -0.2) is 0 Å². The predicted molar refractivity (Wildman–Crippen MR) is 98.4 cm³/mol. The summed E-state index contributed by atoms with van der Waals surface area (Å²) in [5.74, 6) is 0.0588. The van der Waals surface area contributed by atoms with Gasteiger partial charge in [-0.2, -0.15) is 0 Å². The zero-order valence-corrected chi connectivity index (χ0v) is 14.4. The highest BCUT2D eigenvalue weighted by molar-refractivity contribution is 5.95. The Hall–Kier alpha value is -2.17. The molecule has 2 fully saturated rings. The van der Waals surface area contributed by atoms with Crippen LogP contribution < -0.4 is 4.90 Å². The molecule has 0 N–H and O–H groups in total. The molecule has 0 unspecified atom stereocenters. The molecule has 1 spiro atoms. The number of carbonyl (C=O) groups excluding carboxylic acids is 1. The van der Waals surface area contributed by atoms with Gasteiger partial charge in [-0.3, -0.25) is 9.69 Å². The lowest BCUT2D eigenvalue weighted by molar-refractivity contribution is -0.144. The minimum absolute atomic E-state index is 0.0588. The molecule has 2 heterocycles. The zero-order valence-electron chi connectivity index (χ0n) is 14.4. The van der Waals surface area contributed by atoms with Gasteiger partial charge in [0.25, 0.3) is 5.91 Å². The van der Waals surface area contributed by atoms with Crippen LogP contribution in [0, 0.1) is 0 Å². The average molecular weight is 336 g/mol. The number of para-hydroxylation sites is 1. The van der Waals surface area contributed by atoms with Crippen molar-refractivity contribution < 1.29 is 9.53 Å². The average Bonchev–Trinajstić information content (AvgIpc) is 2.67. The summed E-state index contributed by atoms with van der Waals surface area (Å²) in [6.07, 6.45) is 1.94. The lowest BCUT2D eigenvalue weighted by atomic mass is 9.88. The van der Waals surface area contributed by atoms with E-state index in [2.05, 4.69) is 35.2 Å². The topological polar surface area (TPSA) is 32.8 Å². The lowest BCUT2D eigenvalue weighted by Gasteiger charge is -2.47. The van der Waals surface area contributed by atoms with Gasteiger partial charge in [0, 0.05) is 25.3 Å². The van der Waals surface area contributed by atoms with Crippen LogP contribution >= 0.6 is 0 Å². The summed E-state index contributed by atoms with van der Waals surface area (Å²) in [7, 11) is 0. The van der Waals surface area contributed by atoms with E-state index in [0.717, 1.165) is 38.2 Å². The molecule has 2 aromatic rings. The fraction of sp³-hybridized carbons (Fsp3) is 0.381. The van der Waals surface area contributed by atoms with E-state index in [-0.39, 0.29) is 18.1 Å². The Kier molecular flexibility index (Phi) is 4.55. The number of piperidine rings is 1. The summed E-state index contributed by atoms with van der Waals surface area (Å²) in [6, 6.07) is 20.5. The first kappa shape index (κ1) is 16.3. The Morgan fingerprint density at radius 1 is 0.920 bits per heavy atom. The van der Waals surface area contributed by atoms with Crippen LogP contribution in [-0.4, -0.2) is 42.6 Å². The van der Waals surface area contributed by atoms with Gasteiger partial charge >= 0.3 is 0 Å². The SMILES string of the molecule is O=C1COC2(CCN(Cc3ccccc3)CC2)CN1c1ccccc1. The molecular weight excluding hydrogens is 312 g/mol. The van der Waals surface area contributed by atoms with Gasteiger partial charge in [-0.15, -0.1) is 0 Å². The number of hydrogen-bond donors (Lipinski definition) is 0. The van der Waals surface area contributed by atoms with Gasteiger partial charge < -0.3 is 9.64 Å². The van der Waals surface area contributed by atoms with Crippen LogP contribution in [0.4, 0.5) is 5.69 Å². The fourth-order valence-corrected chi connectivity index (χ4v) is 3.82. The second-order valence-electron chi connectivity index (χ2n) is 7.05. The van der Waals surface area contributed by atoms with E-state index in [4.69, 9.17) is 4.74 Å². The Balaban J connectivity index is 1.41. The Morgan fingerprint density at radius 2 is 1.56 bits per heavy atom. The lowest BCUT2D eigenvalue weighted by Crippen LogP contribution is -2.58. The number of amides is 1. The first-order chi connectivity index (χ1) is 12.2.